The lowest BCUT2D eigenvalue weighted by Crippen LogP contribution is -2.45. The normalized spacial score (nSPS) is 21.0. The lowest BCUT2D eigenvalue weighted by atomic mass is 10.3. The van der Waals surface area contributed by atoms with Gasteiger partial charge in [-0.15, -0.1) is 0 Å². The van der Waals surface area contributed by atoms with Crippen molar-refractivity contribution in [2.24, 2.45) is 0 Å². The maximum absolute atomic E-state index is 12.2. The lowest BCUT2D eigenvalue weighted by Gasteiger charge is -2.30. The fourth-order valence-corrected chi connectivity index (χ4v) is 3.39. The first-order valence-corrected chi connectivity index (χ1v) is 8.09. The number of nitrogens with zero attached hydrogens (tertiary/aromatic N) is 1. The zero-order valence-corrected chi connectivity index (χ0v) is 12.7. The summed E-state index contributed by atoms with van der Waals surface area (Å²) < 4.78 is 32.4. The van der Waals surface area contributed by atoms with Gasteiger partial charge in [0.05, 0.1) is 18.4 Å². The maximum Gasteiger partial charge on any atom is 0.242 e. The molecule has 112 valence electrons. The Bertz CT molecular complexity index is 579. The zero-order chi connectivity index (χ0) is 14.8. The van der Waals surface area contributed by atoms with Crippen molar-refractivity contribution in [2.75, 3.05) is 39.0 Å². The molecule has 1 aliphatic heterocycles. The zero-order valence-electron chi connectivity index (χ0n) is 11.2. The number of rotatable bonds is 4. The van der Waals surface area contributed by atoms with Crippen LogP contribution in [0.2, 0.25) is 5.02 Å². The van der Waals surface area contributed by atoms with Crippen LogP contribution >= 0.6 is 11.6 Å². The van der Waals surface area contributed by atoms with Gasteiger partial charge in [-0.3, -0.25) is 0 Å². The molecule has 1 unspecified atom stereocenters. The molecular weight excluding hydrogens is 302 g/mol. The molecule has 0 radical (unpaired) electrons. The summed E-state index contributed by atoms with van der Waals surface area (Å²) in [5, 5.41) is 0.402. The second-order valence-corrected chi connectivity index (χ2v) is 6.96. The molecule has 2 rings (SSSR count). The highest BCUT2D eigenvalue weighted by atomic mass is 35.5. The van der Waals surface area contributed by atoms with Crippen LogP contribution in [0.4, 0.5) is 5.69 Å². The van der Waals surface area contributed by atoms with E-state index in [4.69, 9.17) is 22.1 Å². The van der Waals surface area contributed by atoms with E-state index in [0.717, 1.165) is 6.54 Å². The van der Waals surface area contributed by atoms with Crippen LogP contribution in [0.3, 0.4) is 0 Å². The van der Waals surface area contributed by atoms with Gasteiger partial charge in [-0.1, -0.05) is 11.6 Å². The van der Waals surface area contributed by atoms with E-state index in [9.17, 15) is 8.42 Å². The van der Waals surface area contributed by atoms with Gasteiger partial charge < -0.3 is 15.4 Å². The van der Waals surface area contributed by atoms with Crippen LogP contribution in [0.15, 0.2) is 23.1 Å². The minimum Gasteiger partial charge on any atom is -0.398 e. The molecule has 1 heterocycles. The van der Waals surface area contributed by atoms with Crippen LogP contribution in [0.25, 0.3) is 0 Å². The second-order valence-electron chi connectivity index (χ2n) is 4.79. The smallest absolute Gasteiger partial charge is 0.242 e. The highest BCUT2D eigenvalue weighted by Gasteiger charge is 2.22. The number of hydrogen-bond donors (Lipinski definition) is 2. The first kappa shape index (κ1) is 15.5. The molecule has 0 saturated carbocycles. The van der Waals surface area contributed by atoms with E-state index in [2.05, 4.69) is 9.62 Å². The van der Waals surface area contributed by atoms with Crippen molar-refractivity contribution in [3.8, 4) is 0 Å². The predicted octanol–water partition coefficient (Wildman–Crippen LogP) is 0.531. The number of morpholine rings is 1. The summed E-state index contributed by atoms with van der Waals surface area (Å²) in [6.07, 6.45) is -0.156. The van der Waals surface area contributed by atoms with E-state index >= 15 is 0 Å². The Morgan fingerprint density at radius 3 is 2.95 bits per heavy atom. The molecule has 0 spiro atoms. The monoisotopic (exact) mass is 319 g/mol. The molecule has 1 aromatic rings. The number of hydrogen-bond acceptors (Lipinski definition) is 5. The first-order chi connectivity index (χ1) is 9.38. The Morgan fingerprint density at radius 1 is 1.55 bits per heavy atom. The number of nitrogen functional groups attached to an aromatic ring is 1. The molecule has 0 amide bonds. The van der Waals surface area contributed by atoms with Crippen LogP contribution in [-0.2, 0) is 14.8 Å². The molecule has 0 aromatic heterocycles. The van der Waals surface area contributed by atoms with Gasteiger partial charge in [-0.25, -0.2) is 13.1 Å². The van der Waals surface area contributed by atoms with Crippen LogP contribution < -0.4 is 10.5 Å². The Kier molecular flexibility index (Phi) is 4.87. The van der Waals surface area contributed by atoms with Gasteiger partial charge in [0.2, 0.25) is 10.0 Å². The third kappa shape index (κ3) is 3.83. The minimum absolute atomic E-state index is 0.0334. The molecule has 6 nitrogen and oxygen atoms in total. The second kappa shape index (κ2) is 6.28. The summed E-state index contributed by atoms with van der Waals surface area (Å²) >= 11 is 5.76. The van der Waals surface area contributed by atoms with Gasteiger partial charge in [0.15, 0.2) is 0 Å². The summed E-state index contributed by atoms with van der Waals surface area (Å²) in [6.45, 7) is 2.37. The number of sulfonamides is 1. The van der Waals surface area contributed by atoms with Gasteiger partial charge >= 0.3 is 0 Å². The average molecular weight is 320 g/mol. The van der Waals surface area contributed by atoms with Gasteiger partial charge in [0.25, 0.3) is 0 Å². The van der Waals surface area contributed by atoms with E-state index in [1.807, 2.05) is 7.05 Å². The molecule has 1 saturated heterocycles. The van der Waals surface area contributed by atoms with E-state index in [-0.39, 0.29) is 23.2 Å². The third-order valence-electron chi connectivity index (χ3n) is 3.10. The molecule has 0 aliphatic carbocycles. The van der Waals surface area contributed by atoms with Crippen molar-refractivity contribution in [3.63, 3.8) is 0 Å². The van der Waals surface area contributed by atoms with Crippen molar-refractivity contribution in [1.82, 2.24) is 9.62 Å². The van der Waals surface area contributed by atoms with Gasteiger partial charge in [-0.2, -0.15) is 0 Å². The quantitative estimate of drug-likeness (QED) is 0.791. The fraction of sp³-hybridized carbons (Fsp3) is 0.500. The predicted molar refractivity (Wildman–Crippen MR) is 78.3 cm³/mol. The number of likely N-dealkylation sites (N-methyl/N-ethyl adjacent to an activating group) is 1. The van der Waals surface area contributed by atoms with Crippen molar-refractivity contribution in [3.05, 3.63) is 23.2 Å². The highest BCUT2D eigenvalue weighted by Crippen LogP contribution is 2.22. The largest absolute Gasteiger partial charge is 0.398 e. The third-order valence-corrected chi connectivity index (χ3v) is 4.84. The standard InChI is InChI=1S/C12H18ClN3O3S/c1-16-4-5-19-10(8-16)7-15-20(17,18)12-3-2-9(13)6-11(12)14/h2-3,6,10,15H,4-5,7-8,14H2,1H3. The number of nitrogens with one attached hydrogen (secondary N) is 1. The van der Waals surface area contributed by atoms with Crippen LogP contribution in [0.1, 0.15) is 0 Å². The summed E-state index contributed by atoms with van der Waals surface area (Å²) in [4.78, 5) is 2.13. The Hall–Kier alpha value is -0.860. The number of benzene rings is 1. The first-order valence-electron chi connectivity index (χ1n) is 6.23. The molecule has 1 aromatic carbocycles. The summed E-state index contributed by atoms with van der Waals surface area (Å²) in [5.41, 5.74) is 5.83. The average Bonchev–Trinajstić information content (AvgIpc) is 2.36. The molecular formula is C12H18ClN3O3S. The van der Waals surface area contributed by atoms with Gasteiger partial charge in [-0.05, 0) is 25.2 Å². The Labute approximate surface area is 123 Å². The fourth-order valence-electron chi connectivity index (χ4n) is 2.03. The highest BCUT2D eigenvalue weighted by molar-refractivity contribution is 7.89. The Balaban J connectivity index is 2.03. The molecule has 1 atom stereocenters. The number of ether oxygens (including phenoxy) is 1. The molecule has 0 bridgehead atoms. The summed E-state index contributed by atoms with van der Waals surface area (Å²) in [7, 11) is -1.68. The molecule has 3 N–H and O–H groups in total. The molecule has 8 heteroatoms. The van der Waals surface area contributed by atoms with Crippen LogP contribution in [-0.4, -0.2) is 52.7 Å². The van der Waals surface area contributed by atoms with Gasteiger partial charge in [0, 0.05) is 24.7 Å². The van der Waals surface area contributed by atoms with E-state index in [1.165, 1.54) is 18.2 Å². The number of nitrogens with two attached hydrogens (primary N) is 1. The molecule has 20 heavy (non-hydrogen) atoms. The summed E-state index contributed by atoms with van der Waals surface area (Å²) in [5.74, 6) is 0. The van der Waals surface area contributed by atoms with Crippen LogP contribution in [0, 0.1) is 0 Å². The maximum atomic E-state index is 12.2. The van der Waals surface area contributed by atoms with Crippen molar-refractivity contribution < 1.29 is 13.2 Å². The van der Waals surface area contributed by atoms with Crippen molar-refractivity contribution >= 4 is 27.3 Å². The van der Waals surface area contributed by atoms with Crippen molar-refractivity contribution in [2.45, 2.75) is 11.0 Å². The number of anilines is 1. The minimum atomic E-state index is -3.66. The number of halogens is 1. The topological polar surface area (TPSA) is 84.7 Å². The Morgan fingerprint density at radius 2 is 2.30 bits per heavy atom. The lowest BCUT2D eigenvalue weighted by molar-refractivity contribution is -0.0156. The van der Waals surface area contributed by atoms with Gasteiger partial charge in [0.1, 0.15) is 4.90 Å². The van der Waals surface area contributed by atoms with Crippen LogP contribution in [0.5, 0.6) is 0 Å². The van der Waals surface area contributed by atoms with Crippen molar-refractivity contribution in [1.29, 1.82) is 0 Å². The SMILES string of the molecule is CN1CCOC(CNS(=O)(=O)c2ccc(Cl)cc2N)C1. The van der Waals surface area contributed by atoms with E-state index < -0.39 is 10.0 Å². The van der Waals surface area contributed by atoms with E-state index in [1.54, 1.807) is 0 Å². The van der Waals surface area contributed by atoms with E-state index in [0.29, 0.717) is 18.2 Å². The summed E-state index contributed by atoms with van der Waals surface area (Å²) in [6, 6.07) is 4.31. The molecule has 1 aliphatic rings. The molecule has 1 fully saturated rings.